The summed E-state index contributed by atoms with van der Waals surface area (Å²) >= 11 is 2.15. The SMILES string of the molecule is CC(I)NC(=O)CN(C)C. The highest BCUT2D eigenvalue weighted by atomic mass is 127. The molecule has 0 rings (SSSR count). The number of nitrogens with zero attached hydrogens (tertiary/aromatic N) is 1. The van der Waals surface area contributed by atoms with Crippen LogP contribution in [0.3, 0.4) is 0 Å². The van der Waals surface area contributed by atoms with Gasteiger partial charge in [-0.15, -0.1) is 0 Å². The van der Waals surface area contributed by atoms with Crippen LogP contribution in [0.1, 0.15) is 6.92 Å². The van der Waals surface area contributed by atoms with E-state index < -0.39 is 0 Å². The smallest absolute Gasteiger partial charge is 0.234 e. The molecule has 0 aromatic carbocycles. The average Bonchev–Trinajstić information content (AvgIpc) is 1.58. The van der Waals surface area contributed by atoms with E-state index >= 15 is 0 Å². The van der Waals surface area contributed by atoms with Crippen molar-refractivity contribution < 1.29 is 4.79 Å². The summed E-state index contributed by atoms with van der Waals surface area (Å²) in [7, 11) is 3.74. The van der Waals surface area contributed by atoms with Crippen LogP contribution in [0.15, 0.2) is 0 Å². The predicted molar refractivity (Wildman–Crippen MR) is 50.2 cm³/mol. The molecule has 0 bridgehead atoms. The van der Waals surface area contributed by atoms with Crippen LogP contribution in [0.4, 0.5) is 0 Å². The van der Waals surface area contributed by atoms with E-state index in [0.29, 0.717) is 6.54 Å². The first kappa shape index (κ1) is 10.2. The average molecular weight is 256 g/mol. The molecule has 1 unspecified atom stereocenters. The van der Waals surface area contributed by atoms with Crippen molar-refractivity contribution in [2.75, 3.05) is 20.6 Å². The number of likely N-dealkylation sites (N-methyl/N-ethyl adjacent to an activating group) is 1. The molecule has 0 aliphatic heterocycles. The maximum absolute atomic E-state index is 10.9. The number of halogens is 1. The molecule has 0 aliphatic carbocycles. The van der Waals surface area contributed by atoms with Crippen molar-refractivity contribution in [1.29, 1.82) is 0 Å². The van der Waals surface area contributed by atoms with Gasteiger partial charge in [-0.2, -0.15) is 0 Å². The van der Waals surface area contributed by atoms with Crippen LogP contribution in [-0.4, -0.2) is 35.5 Å². The molecule has 0 spiro atoms. The third kappa shape index (κ3) is 6.28. The summed E-state index contributed by atoms with van der Waals surface area (Å²) in [5.74, 6) is 0.0758. The second-order valence-electron chi connectivity index (χ2n) is 2.42. The molecule has 0 heterocycles. The molecular formula is C6H13IN2O. The van der Waals surface area contributed by atoms with E-state index in [1.54, 1.807) is 0 Å². The Morgan fingerprint density at radius 3 is 2.50 bits per heavy atom. The zero-order valence-corrected chi connectivity index (χ0v) is 8.68. The summed E-state index contributed by atoms with van der Waals surface area (Å²) in [5.41, 5.74) is 0. The van der Waals surface area contributed by atoms with Crippen LogP contribution in [0.25, 0.3) is 0 Å². The maximum Gasteiger partial charge on any atom is 0.234 e. The summed E-state index contributed by atoms with van der Waals surface area (Å²) in [4.78, 5) is 12.7. The van der Waals surface area contributed by atoms with Gasteiger partial charge in [-0.25, -0.2) is 0 Å². The fourth-order valence-corrected chi connectivity index (χ4v) is 0.902. The molecule has 1 N–H and O–H groups in total. The van der Waals surface area contributed by atoms with E-state index in [4.69, 9.17) is 0 Å². The lowest BCUT2D eigenvalue weighted by Crippen LogP contribution is -2.35. The number of carbonyl (C=O) groups excluding carboxylic acids is 1. The summed E-state index contributed by atoms with van der Waals surface area (Å²) in [6.45, 7) is 2.40. The number of alkyl halides is 1. The minimum atomic E-state index is 0.0758. The monoisotopic (exact) mass is 256 g/mol. The molecule has 60 valence electrons. The highest BCUT2D eigenvalue weighted by Crippen LogP contribution is 1.91. The molecule has 3 nitrogen and oxygen atoms in total. The van der Waals surface area contributed by atoms with Crippen LogP contribution in [0, 0.1) is 0 Å². The zero-order chi connectivity index (χ0) is 8.15. The van der Waals surface area contributed by atoms with Crippen LogP contribution >= 0.6 is 22.6 Å². The Morgan fingerprint density at radius 1 is 1.70 bits per heavy atom. The van der Waals surface area contributed by atoms with Crippen molar-refractivity contribution in [1.82, 2.24) is 10.2 Å². The van der Waals surface area contributed by atoms with Crippen LogP contribution in [0.2, 0.25) is 0 Å². The largest absolute Gasteiger partial charge is 0.344 e. The lowest BCUT2D eigenvalue weighted by molar-refractivity contribution is -0.121. The highest BCUT2D eigenvalue weighted by molar-refractivity contribution is 14.1. The van der Waals surface area contributed by atoms with Gasteiger partial charge in [0.1, 0.15) is 0 Å². The molecule has 4 heteroatoms. The van der Waals surface area contributed by atoms with Gasteiger partial charge in [0, 0.05) is 0 Å². The van der Waals surface area contributed by atoms with Crippen molar-refractivity contribution in [3.63, 3.8) is 0 Å². The van der Waals surface area contributed by atoms with Crippen molar-refractivity contribution in [3.8, 4) is 0 Å². The van der Waals surface area contributed by atoms with E-state index in [1.807, 2.05) is 25.9 Å². The van der Waals surface area contributed by atoms with Crippen LogP contribution in [0.5, 0.6) is 0 Å². The Morgan fingerprint density at radius 2 is 2.20 bits per heavy atom. The molecule has 1 atom stereocenters. The van der Waals surface area contributed by atoms with Crippen molar-refractivity contribution >= 4 is 28.5 Å². The summed E-state index contributed by atoms with van der Waals surface area (Å²) < 4.78 is 0.213. The number of hydrogen-bond donors (Lipinski definition) is 1. The molecular weight excluding hydrogens is 243 g/mol. The van der Waals surface area contributed by atoms with Gasteiger partial charge in [0.2, 0.25) is 5.91 Å². The topological polar surface area (TPSA) is 32.3 Å². The summed E-state index contributed by atoms with van der Waals surface area (Å²) in [6.07, 6.45) is 0. The predicted octanol–water partition coefficient (Wildman–Crippen LogP) is 0.445. The van der Waals surface area contributed by atoms with Gasteiger partial charge in [-0.05, 0) is 21.0 Å². The maximum atomic E-state index is 10.9. The molecule has 0 fully saturated rings. The molecule has 0 aromatic heterocycles. The van der Waals surface area contributed by atoms with Gasteiger partial charge in [0.15, 0.2) is 0 Å². The molecule has 0 aliphatic rings. The third-order valence-electron chi connectivity index (χ3n) is 0.820. The molecule has 0 saturated carbocycles. The summed E-state index contributed by atoms with van der Waals surface area (Å²) in [6, 6.07) is 0. The van der Waals surface area contributed by atoms with Gasteiger partial charge < -0.3 is 10.2 Å². The number of rotatable bonds is 3. The number of carbonyl (C=O) groups is 1. The van der Waals surface area contributed by atoms with E-state index in [9.17, 15) is 4.79 Å². The number of amides is 1. The Kier molecular flexibility index (Phi) is 4.98. The third-order valence-corrected chi connectivity index (χ3v) is 1.13. The van der Waals surface area contributed by atoms with Gasteiger partial charge in [0.05, 0.1) is 10.6 Å². The Balaban J connectivity index is 3.44. The first-order chi connectivity index (χ1) is 4.52. The van der Waals surface area contributed by atoms with Gasteiger partial charge in [-0.1, -0.05) is 22.6 Å². The van der Waals surface area contributed by atoms with Gasteiger partial charge in [0.25, 0.3) is 0 Å². The van der Waals surface area contributed by atoms with Crippen molar-refractivity contribution in [2.45, 2.75) is 11.0 Å². The van der Waals surface area contributed by atoms with E-state index in [0.717, 1.165) is 0 Å². The second-order valence-corrected chi connectivity index (χ2v) is 4.29. The quantitative estimate of drug-likeness (QED) is 0.451. The van der Waals surface area contributed by atoms with E-state index in [2.05, 4.69) is 27.9 Å². The molecule has 0 saturated heterocycles. The molecule has 1 amide bonds. The fourth-order valence-electron chi connectivity index (χ4n) is 0.555. The van der Waals surface area contributed by atoms with Crippen LogP contribution < -0.4 is 5.32 Å². The highest BCUT2D eigenvalue weighted by Gasteiger charge is 2.03. The van der Waals surface area contributed by atoms with Gasteiger partial charge >= 0.3 is 0 Å². The van der Waals surface area contributed by atoms with E-state index in [1.165, 1.54) is 0 Å². The first-order valence-corrected chi connectivity index (χ1v) is 4.35. The Hall–Kier alpha value is 0.160. The van der Waals surface area contributed by atoms with Crippen molar-refractivity contribution in [3.05, 3.63) is 0 Å². The minimum absolute atomic E-state index is 0.0758. The van der Waals surface area contributed by atoms with Gasteiger partial charge in [-0.3, -0.25) is 4.79 Å². The lowest BCUT2D eigenvalue weighted by Gasteiger charge is -2.10. The molecule has 0 aromatic rings. The lowest BCUT2D eigenvalue weighted by atomic mass is 10.5. The standard InChI is InChI=1S/C6H13IN2O/c1-5(7)8-6(10)4-9(2)3/h5H,4H2,1-3H3,(H,8,10). The van der Waals surface area contributed by atoms with Crippen molar-refractivity contribution in [2.24, 2.45) is 0 Å². The normalized spacial score (nSPS) is 13.3. The summed E-state index contributed by atoms with van der Waals surface area (Å²) in [5, 5.41) is 2.78. The number of hydrogen-bond acceptors (Lipinski definition) is 2. The fraction of sp³-hybridized carbons (Fsp3) is 0.833. The van der Waals surface area contributed by atoms with E-state index in [-0.39, 0.29) is 9.96 Å². The zero-order valence-electron chi connectivity index (χ0n) is 6.52. The second kappa shape index (κ2) is 4.90. The first-order valence-electron chi connectivity index (χ1n) is 3.10. The number of nitrogens with one attached hydrogen (secondary N) is 1. The molecule has 0 radical (unpaired) electrons. The Labute approximate surface area is 75.3 Å². The molecule has 10 heavy (non-hydrogen) atoms. The Bertz CT molecular complexity index is 102. The minimum Gasteiger partial charge on any atom is -0.344 e. The van der Waals surface area contributed by atoms with Crippen LogP contribution in [-0.2, 0) is 4.79 Å².